The fourth-order valence-electron chi connectivity index (χ4n) is 2.59. The minimum atomic E-state index is 0.413. The van der Waals surface area contributed by atoms with Gasteiger partial charge in [0.2, 0.25) is 0 Å². The molecule has 112 valence electrons. The minimum Gasteiger partial charge on any atom is -0.385 e. The summed E-state index contributed by atoms with van der Waals surface area (Å²) >= 11 is 1.76. The zero-order valence-electron chi connectivity index (χ0n) is 12.4. The molecule has 0 bridgehead atoms. The number of methoxy groups -OCH3 is 1. The number of aliphatic imine (C=N–C) groups is 1. The summed E-state index contributed by atoms with van der Waals surface area (Å²) < 4.78 is 5.23. The van der Waals surface area contributed by atoms with Gasteiger partial charge in [-0.3, -0.25) is 4.99 Å². The number of nitrogens with one attached hydrogen (secondary N) is 2. The predicted molar refractivity (Wildman–Crippen MR) is 85.3 cm³/mol. The number of hydrogen-bond acceptors (Lipinski definition) is 3. The van der Waals surface area contributed by atoms with Crippen LogP contribution in [0.3, 0.4) is 0 Å². The molecule has 0 saturated heterocycles. The van der Waals surface area contributed by atoms with Gasteiger partial charge < -0.3 is 15.4 Å². The molecule has 0 spiro atoms. The first-order chi connectivity index (χ1) is 9.78. The summed E-state index contributed by atoms with van der Waals surface area (Å²) in [7, 11) is 3.60. The maximum atomic E-state index is 5.23. The molecule has 4 nitrogen and oxygen atoms in total. The van der Waals surface area contributed by atoms with Crippen molar-refractivity contribution >= 4 is 17.3 Å². The first-order valence-electron chi connectivity index (χ1n) is 7.24. The molecule has 20 heavy (non-hydrogen) atoms. The zero-order chi connectivity index (χ0) is 14.3. The van der Waals surface area contributed by atoms with Gasteiger partial charge in [-0.05, 0) is 36.1 Å². The molecule has 0 aliphatic heterocycles. The highest BCUT2D eigenvalue weighted by atomic mass is 32.1. The third-order valence-electron chi connectivity index (χ3n) is 4.12. The molecule has 0 aromatic carbocycles. The Morgan fingerprint density at radius 3 is 2.85 bits per heavy atom. The Kier molecular flexibility index (Phi) is 5.86. The standard InChI is InChI=1S/C15H25N3OS/c1-16-14(17-11-13-5-3-10-20-13)18-12-15(6-4-7-15)8-9-19-2/h3,5,10H,4,6-9,11-12H2,1-2H3,(H2,16,17,18). The van der Waals surface area contributed by atoms with Crippen molar-refractivity contribution in [2.75, 3.05) is 27.3 Å². The van der Waals surface area contributed by atoms with Crippen LogP contribution in [0.25, 0.3) is 0 Å². The lowest BCUT2D eigenvalue weighted by Gasteiger charge is -2.42. The summed E-state index contributed by atoms with van der Waals surface area (Å²) in [4.78, 5) is 5.62. The third kappa shape index (κ3) is 4.21. The Hall–Kier alpha value is -1.07. The first-order valence-corrected chi connectivity index (χ1v) is 8.12. The van der Waals surface area contributed by atoms with Crippen LogP contribution in [0.4, 0.5) is 0 Å². The maximum absolute atomic E-state index is 5.23. The molecular formula is C15H25N3OS. The Bertz CT molecular complexity index is 413. The molecule has 5 heteroatoms. The molecule has 1 aromatic rings. The summed E-state index contributed by atoms with van der Waals surface area (Å²) in [5.74, 6) is 0.891. The molecule has 0 amide bonds. The van der Waals surface area contributed by atoms with Gasteiger partial charge in [0.05, 0.1) is 6.54 Å². The lowest BCUT2D eigenvalue weighted by atomic mass is 9.67. The quantitative estimate of drug-likeness (QED) is 0.600. The van der Waals surface area contributed by atoms with E-state index in [-0.39, 0.29) is 0 Å². The second-order valence-corrected chi connectivity index (χ2v) is 6.49. The van der Waals surface area contributed by atoms with E-state index in [9.17, 15) is 0 Å². The third-order valence-corrected chi connectivity index (χ3v) is 4.99. The van der Waals surface area contributed by atoms with Crippen LogP contribution in [0.15, 0.2) is 22.5 Å². The van der Waals surface area contributed by atoms with Crippen molar-refractivity contribution in [3.8, 4) is 0 Å². The van der Waals surface area contributed by atoms with E-state index in [1.165, 1.54) is 24.1 Å². The number of rotatable bonds is 7. The molecule has 1 heterocycles. The normalized spacial score (nSPS) is 17.6. The molecule has 0 radical (unpaired) electrons. The number of hydrogen-bond donors (Lipinski definition) is 2. The van der Waals surface area contributed by atoms with Gasteiger partial charge in [0.25, 0.3) is 0 Å². The molecule has 2 N–H and O–H groups in total. The fourth-order valence-corrected chi connectivity index (χ4v) is 3.23. The molecule has 2 rings (SSSR count). The van der Waals surface area contributed by atoms with Gasteiger partial charge in [-0.1, -0.05) is 12.5 Å². The van der Waals surface area contributed by atoms with Gasteiger partial charge in [-0.25, -0.2) is 0 Å². The van der Waals surface area contributed by atoms with E-state index in [1.807, 2.05) is 7.05 Å². The summed E-state index contributed by atoms with van der Waals surface area (Å²) in [5.41, 5.74) is 0.413. The van der Waals surface area contributed by atoms with Crippen LogP contribution in [0.5, 0.6) is 0 Å². The van der Waals surface area contributed by atoms with E-state index in [0.29, 0.717) is 5.41 Å². The monoisotopic (exact) mass is 295 g/mol. The first kappa shape index (κ1) is 15.3. The van der Waals surface area contributed by atoms with Crippen LogP contribution in [-0.4, -0.2) is 33.3 Å². The van der Waals surface area contributed by atoms with Crippen molar-refractivity contribution in [3.05, 3.63) is 22.4 Å². The topological polar surface area (TPSA) is 45.7 Å². The second kappa shape index (κ2) is 7.64. The van der Waals surface area contributed by atoms with Gasteiger partial charge in [0, 0.05) is 32.2 Å². The van der Waals surface area contributed by atoms with Gasteiger partial charge >= 0.3 is 0 Å². The fraction of sp³-hybridized carbons (Fsp3) is 0.667. The molecule has 0 unspecified atom stereocenters. The Morgan fingerprint density at radius 1 is 1.45 bits per heavy atom. The van der Waals surface area contributed by atoms with E-state index < -0.39 is 0 Å². The van der Waals surface area contributed by atoms with Gasteiger partial charge in [-0.15, -0.1) is 11.3 Å². The highest BCUT2D eigenvalue weighted by Gasteiger charge is 2.36. The molecule has 1 saturated carbocycles. The Labute approximate surface area is 125 Å². The average molecular weight is 295 g/mol. The Morgan fingerprint density at radius 2 is 2.30 bits per heavy atom. The van der Waals surface area contributed by atoms with Crippen LogP contribution in [0, 0.1) is 5.41 Å². The molecule has 0 atom stereocenters. The summed E-state index contributed by atoms with van der Waals surface area (Å²) in [6.45, 7) is 2.67. The second-order valence-electron chi connectivity index (χ2n) is 5.46. The van der Waals surface area contributed by atoms with Crippen LogP contribution < -0.4 is 10.6 Å². The summed E-state index contributed by atoms with van der Waals surface area (Å²) in [5, 5.41) is 8.94. The van der Waals surface area contributed by atoms with E-state index in [0.717, 1.165) is 32.1 Å². The van der Waals surface area contributed by atoms with Crippen LogP contribution >= 0.6 is 11.3 Å². The van der Waals surface area contributed by atoms with Crippen molar-refractivity contribution in [3.63, 3.8) is 0 Å². The van der Waals surface area contributed by atoms with Crippen molar-refractivity contribution in [2.45, 2.75) is 32.2 Å². The van der Waals surface area contributed by atoms with Crippen molar-refractivity contribution in [1.82, 2.24) is 10.6 Å². The lowest BCUT2D eigenvalue weighted by molar-refractivity contribution is 0.0732. The highest BCUT2D eigenvalue weighted by Crippen LogP contribution is 2.43. The summed E-state index contributed by atoms with van der Waals surface area (Å²) in [6, 6.07) is 4.21. The van der Waals surface area contributed by atoms with E-state index in [4.69, 9.17) is 4.74 Å². The average Bonchev–Trinajstić information content (AvgIpc) is 2.93. The SMILES string of the molecule is CN=C(NCc1cccs1)NCC1(CCOC)CCC1. The molecule has 1 aliphatic carbocycles. The van der Waals surface area contributed by atoms with Crippen molar-refractivity contribution < 1.29 is 4.74 Å². The lowest BCUT2D eigenvalue weighted by Crippen LogP contribution is -2.46. The smallest absolute Gasteiger partial charge is 0.191 e. The molecule has 1 aromatic heterocycles. The predicted octanol–water partition coefficient (Wildman–Crippen LogP) is 2.62. The molecular weight excluding hydrogens is 270 g/mol. The van der Waals surface area contributed by atoms with E-state index in [1.54, 1.807) is 18.4 Å². The summed E-state index contributed by atoms with van der Waals surface area (Å²) in [6.07, 6.45) is 5.07. The number of guanidine groups is 1. The van der Waals surface area contributed by atoms with Crippen LogP contribution in [0.2, 0.25) is 0 Å². The number of nitrogens with zero attached hydrogens (tertiary/aromatic N) is 1. The van der Waals surface area contributed by atoms with Crippen LogP contribution in [0.1, 0.15) is 30.6 Å². The molecule has 1 fully saturated rings. The highest BCUT2D eigenvalue weighted by molar-refractivity contribution is 7.09. The number of ether oxygens (including phenoxy) is 1. The van der Waals surface area contributed by atoms with Gasteiger partial charge in [-0.2, -0.15) is 0 Å². The van der Waals surface area contributed by atoms with E-state index in [2.05, 4.69) is 33.1 Å². The minimum absolute atomic E-state index is 0.413. The largest absolute Gasteiger partial charge is 0.385 e. The zero-order valence-corrected chi connectivity index (χ0v) is 13.3. The van der Waals surface area contributed by atoms with Gasteiger partial charge in [0.1, 0.15) is 0 Å². The van der Waals surface area contributed by atoms with Crippen molar-refractivity contribution in [2.24, 2.45) is 10.4 Å². The van der Waals surface area contributed by atoms with Crippen LogP contribution in [-0.2, 0) is 11.3 Å². The maximum Gasteiger partial charge on any atom is 0.191 e. The van der Waals surface area contributed by atoms with Crippen molar-refractivity contribution in [1.29, 1.82) is 0 Å². The molecule has 1 aliphatic rings. The van der Waals surface area contributed by atoms with Gasteiger partial charge in [0.15, 0.2) is 5.96 Å². The Balaban J connectivity index is 1.75. The number of thiophene rings is 1. The van der Waals surface area contributed by atoms with E-state index >= 15 is 0 Å².